The normalized spacial score (nSPS) is 19.4. The fourth-order valence-corrected chi connectivity index (χ4v) is 3.01. The summed E-state index contributed by atoms with van der Waals surface area (Å²) < 4.78 is 0. The molecule has 1 heterocycles. The van der Waals surface area contributed by atoms with Gasteiger partial charge in [-0.2, -0.15) is 0 Å². The number of piperidine rings is 1. The largest absolute Gasteiger partial charge is 0.327 e. The molecule has 0 amide bonds. The molecule has 1 aliphatic heterocycles. The minimum absolute atomic E-state index is 0.364. The molecule has 1 aromatic rings. The van der Waals surface area contributed by atoms with Crippen molar-refractivity contribution < 1.29 is 0 Å². The lowest BCUT2D eigenvalue weighted by Gasteiger charge is -2.33. The average molecular weight is 295 g/mol. The lowest BCUT2D eigenvalue weighted by Crippen LogP contribution is -2.36. The van der Waals surface area contributed by atoms with Crippen LogP contribution in [0.4, 0.5) is 0 Å². The third-order valence-corrected chi connectivity index (χ3v) is 4.74. The minimum atomic E-state index is 0.364. The predicted octanol–water partition coefficient (Wildman–Crippen LogP) is 3.93. The van der Waals surface area contributed by atoms with E-state index in [0.717, 1.165) is 17.5 Å². The third kappa shape index (κ3) is 4.76. The molecule has 2 nitrogen and oxygen atoms in total. The molecule has 0 aromatic heterocycles. The Kier molecular flexibility index (Phi) is 5.88. The molecule has 3 heteroatoms. The number of likely N-dealkylation sites (tertiary alicyclic amines) is 1. The van der Waals surface area contributed by atoms with Crippen molar-refractivity contribution in [2.24, 2.45) is 17.6 Å². The van der Waals surface area contributed by atoms with Crippen LogP contribution in [0.1, 0.15) is 38.7 Å². The first-order valence-electron chi connectivity index (χ1n) is 7.77. The van der Waals surface area contributed by atoms with Crippen LogP contribution in [0.25, 0.3) is 0 Å². The molecule has 0 radical (unpaired) electrons. The maximum absolute atomic E-state index is 6.19. The number of benzene rings is 1. The Balaban J connectivity index is 1.75. The second-order valence-corrected chi connectivity index (χ2v) is 6.93. The summed E-state index contributed by atoms with van der Waals surface area (Å²) in [4.78, 5) is 2.54. The Hall–Kier alpha value is -0.570. The highest BCUT2D eigenvalue weighted by Crippen LogP contribution is 2.24. The van der Waals surface area contributed by atoms with Crippen LogP contribution in [0.5, 0.6) is 0 Å². The van der Waals surface area contributed by atoms with E-state index < -0.39 is 0 Å². The molecular weight excluding hydrogens is 268 g/mol. The average Bonchev–Trinajstić information content (AvgIpc) is 2.43. The van der Waals surface area contributed by atoms with Crippen molar-refractivity contribution in [3.63, 3.8) is 0 Å². The molecule has 1 aromatic carbocycles. The van der Waals surface area contributed by atoms with Crippen molar-refractivity contribution in [2.45, 2.75) is 45.7 Å². The van der Waals surface area contributed by atoms with E-state index in [0.29, 0.717) is 12.0 Å². The highest BCUT2D eigenvalue weighted by Gasteiger charge is 2.22. The van der Waals surface area contributed by atoms with Crippen molar-refractivity contribution in [3.05, 3.63) is 34.9 Å². The Labute approximate surface area is 128 Å². The summed E-state index contributed by atoms with van der Waals surface area (Å²) in [6.07, 6.45) is 3.76. The Morgan fingerprint density at radius 1 is 1.20 bits per heavy atom. The Morgan fingerprint density at radius 3 is 2.35 bits per heavy atom. The summed E-state index contributed by atoms with van der Waals surface area (Å²) in [5.41, 5.74) is 7.55. The zero-order valence-electron chi connectivity index (χ0n) is 12.7. The molecule has 20 heavy (non-hydrogen) atoms. The van der Waals surface area contributed by atoms with Crippen molar-refractivity contribution in [2.75, 3.05) is 13.1 Å². The fourth-order valence-electron chi connectivity index (χ4n) is 2.89. The van der Waals surface area contributed by atoms with Gasteiger partial charge in [0.15, 0.2) is 0 Å². The van der Waals surface area contributed by atoms with Crippen LogP contribution in [0.2, 0.25) is 5.02 Å². The van der Waals surface area contributed by atoms with E-state index in [1.807, 2.05) is 12.1 Å². The second kappa shape index (κ2) is 7.44. The Morgan fingerprint density at radius 2 is 1.80 bits per heavy atom. The molecule has 2 rings (SSSR count). The summed E-state index contributed by atoms with van der Waals surface area (Å²) >= 11 is 5.92. The van der Waals surface area contributed by atoms with Gasteiger partial charge in [-0.15, -0.1) is 0 Å². The predicted molar refractivity (Wildman–Crippen MR) is 86.9 cm³/mol. The van der Waals surface area contributed by atoms with E-state index in [-0.39, 0.29) is 0 Å². The molecule has 1 atom stereocenters. The van der Waals surface area contributed by atoms with E-state index in [9.17, 15) is 0 Å². The Bertz CT molecular complexity index is 394. The number of nitrogens with two attached hydrogens (primary N) is 1. The van der Waals surface area contributed by atoms with Gasteiger partial charge in [0.05, 0.1) is 0 Å². The molecule has 1 fully saturated rings. The number of hydrogen-bond acceptors (Lipinski definition) is 2. The minimum Gasteiger partial charge on any atom is -0.327 e. The highest BCUT2D eigenvalue weighted by atomic mass is 35.5. The lowest BCUT2D eigenvalue weighted by molar-refractivity contribution is 0.163. The monoisotopic (exact) mass is 294 g/mol. The molecule has 0 spiro atoms. The van der Waals surface area contributed by atoms with Crippen LogP contribution < -0.4 is 5.73 Å². The molecule has 1 unspecified atom stereocenters. The number of nitrogens with zero attached hydrogens (tertiary/aromatic N) is 1. The van der Waals surface area contributed by atoms with Gasteiger partial charge in [0, 0.05) is 17.6 Å². The maximum Gasteiger partial charge on any atom is 0.0406 e. The first kappa shape index (κ1) is 15.8. The molecule has 1 aliphatic rings. The molecule has 0 saturated carbocycles. The molecule has 2 N–H and O–H groups in total. The SMILES string of the molecule is CC(C)C(N)CC1CCN(Cc2ccc(Cl)cc2)CC1. The first-order chi connectivity index (χ1) is 9.54. The van der Waals surface area contributed by atoms with E-state index >= 15 is 0 Å². The molecule has 0 aliphatic carbocycles. The van der Waals surface area contributed by atoms with E-state index in [1.54, 1.807) is 0 Å². The van der Waals surface area contributed by atoms with Gasteiger partial charge in [-0.05, 0) is 61.9 Å². The van der Waals surface area contributed by atoms with Crippen LogP contribution >= 0.6 is 11.6 Å². The zero-order chi connectivity index (χ0) is 14.5. The smallest absolute Gasteiger partial charge is 0.0406 e. The number of halogens is 1. The molecule has 0 bridgehead atoms. The van der Waals surface area contributed by atoms with E-state index in [4.69, 9.17) is 17.3 Å². The van der Waals surface area contributed by atoms with Crippen LogP contribution in [0, 0.1) is 11.8 Å². The summed E-state index contributed by atoms with van der Waals surface area (Å²) in [5, 5.41) is 0.815. The summed E-state index contributed by atoms with van der Waals surface area (Å²) in [7, 11) is 0. The quantitative estimate of drug-likeness (QED) is 0.892. The summed E-state index contributed by atoms with van der Waals surface area (Å²) in [5.74, 6) is 1.41. The third-order valence-electron chi connectivity index (χ3n) is 4.49. The van der Waals surface area contributed by atoms with Gasteiger partial charge in [0.1, 0.15) is 0 Å². The van der Waals surface area contributed by atoms with Crippen molar-refractivity contribution >= 4 is 11.6 Å². The van der Waals surface area contributed by atoms with Gasteiger partial charge in [0.2, 0.25) is 0 Å². The van der Waals surface area contributed by atoms with Gasteiger partial charge >= 0.3 is 0 Å². The van der Waals surface area contributed by atoms with E-state index in [1.165, 1.54) is 37.9 Å². The van der Waals surface area contributed by atoms with Gasteiger partial charge in [-0.25, -0.2) is 0 Å². The molecular formula is C17H27ClN2. The van der Waals surface area contributed by atoms with Gasteiger partial charge in [-0.3, -0.25) is 4.90 Å². The highest BCUT2D eigenvalue weighted by molar-refractivity contribution is 6.30. The van der Waals surface area contributed by atoms with Crippen LogP contribution in [0.15, 0.2) is 24.3 Å². The molecule has 1 saturated heterocycles. The van der Waals surface area contributed by atoms with E-state index in [2.05, 4.69) is 30.9 Å². The number of hydrogen-bond donors (Lipinski definition) is 1. The zero-order valence-corrected chi connectivity index (χ0v) is 13.4. The van der Waals surface area contributed by atoms with Crippen molar-refractivity contribution in [3.8, 4) is 0 Å². The second-order valence-electron chi connectivity index (χ2n) is 6.49. The standard InChI is InChI=1S/C17H27ClN2/c1-13(2)17(19)11-14-7-9-20(10-8-14)12-15-3-5-16(18)6-4-15/h3-6,13-14,17H,7-12,19H2,1-2H3. The molecule has 112 valence electrons. The van der Waals surface area contributed by atoms with Gasteiger partial charge in [0.25, 0.3) is 0 Å². The topological polar surface area (TPSA) is 29.3 Å². The lowest BCUT2D eigenvalue weighted by atomic mass is 9.87. The number of rotatable bonds is 5. The van der Waals surface area contributed by atoms with Crippen molar-refractivity contribution in [1.29, 1.82) is 0 Å². The maximum atomic E-state index is 6.19. The first-order valence-corrected chi connectivity index (χ1v) is 8.14. The van der Waals surface area contributed by atoms with Gasteiger partial charge in [-0.1, -0.05) is 37.6 Å². The van der Waals surface area contributed by atoms with Crippen LogP contribution in [-0.4, -0.2) is 24.0 Å². The summed E-state index contributed by atoms with van der Waals surface area (Å²) in [6, 6.07) is 8.57. The summed E-state index contributed by atoms with van der Waals surface area (Å²) in [6.45, 7) is 7.87. The van der Waals surface area contributed by atoms with Gasteiger partial charge < -0.3 is 5.73 Å². The fraction of sp³-hybridized carbons (Fsp3) is 0.647. The van der Waals surface area contributed by atoms with Crippen LogP contribution in [0.3, 0.4) is 0 Å². The van der Waals surface area contributed by atoms with Crippen molar-refractivity contribution in [1.82, 2.24) is 4.90 Å². The van der Waals surface area contributed by atoms with Crippen LogP contribution in [-0.2, 0) is 6.54 Å².